The van der Waals surface area contributed by atoms with Crippen LogP contribution >= 0.6 is 11.3 Å². The normalized spacial score (nSPS) is 10.7. The van der Waals surface area contributed by atoms with Crippen molar-refractivity contribution in [2.24, 2.45) is 0 Å². The van der Waals surface area contributed by atoms with E-state index in [4.69, 9.17) is 0 Å². The number of hydrogen-bond acceptors (Lipinski definition) is 5. The van der Waals surface area contributed by atoms with Gasteiger partial charge in [-0.1, -0.05) is 18.2 Å². The molecule has 0 unspecified atom stereocenters. The SMILES string of the molecule is CC(=O)c1ccccc1C(=O)NCCn1cnc2ccsc2c1=O. The number of ketones is 1. The highest BCUT2D eigenvalue weighted by Gasteiger charge is 2.13. The van der Waals surface area contributed by atoms with E-state index >= 15 is 0 Å². The first-order chi connectivity index (χ1) is 11.6. The molecule has 0 aliphatic carbocycles. The Bertz CT molecular complexity index is 974. The van der Waals surface area contributed by atoms with Crippen molar-refractivity contribution < 1.29 is 9.59 Å². The van der Waals surface area contributed by atoms with E-state index in [1.165, 1.54) is 29.2 Å². The van der Waals surface area contributed by atoms with Gasteiger partial charge in [-0.2, -0.15) is 0 Å². The molecule has 0 saturated carbocycles. The van der Waals surface area contributed by atoms with Crippen LogP contribution in [0.2, 0.25) is 0 Å². The lowest BCUT2D eigenvalue weighted by atomic mass is 10.0. The average Bonchev–Trinajstić information content (AvgIpc) is 3.06. The van der Waals surface area contributed by atoms with E-state index in [9.17, 15) is 14.4 Å². The fourth-order valence-corrected chi connectivity index (χ4v) is 3.20. The molecule has 3 aromatic rings. The van der Waals surface area contributed by atoms with E-state index in [0.717, 1.165) is 0 Å². The molecule has 0 radical (unpaired) electrons. The van der Waals surface area contributed by atoms with Crippen LogP contribution in [-0.4, -0.2) is 27.8 Å². The van der Waals surface area contributed by atoms with Gasteiger partial charge in [0, 0.05) is 18.7 Å². The molecule has 2 aromatic heterocycles. The Morgan fingerprint density at radius 3 is 2.71 bits per heavy atom. The van der Waals surface area contributed by atoms with E-state index in [1.54, 1.807) is 30.3 Å². The number of thiophene rings is 1. The summed E-state index contributed by atoms with van der Waals surface area (Å²) in [5, 5.41) is 4.56. The monoisotopic (exact) mass is 341 g/mol. The number of fused-ring (bicyclic) bond motifs is 1. The maximum Gasteiger partial charge on any atom is 0.271 e. The number of Topliss-reactive ketones (excluding diaryl/α,β-unsaturated/α-hetero) is 1. The van der Waals surface area contributed by atoms with Gasteiger partial charge in [0.2, 0.25) is 0 Å². The largest absolute Gasteiger partial charge is 0.350 e. The number of aromatic nitrogens is 2. The van der Waals surface area contributed by atoms with Crippen LogP contribution in [-0.2, 0) is 6.54 Å². The van der Waals surface area contributed by atoms with E-state index in [1.807, 2.05) is 5.38 Å². The molecule has 0 aliphatic heterocycles. The number of benzene rings is 1. The number of carbonyl (C=O) groups excluding carboxylic acids is 2. The Labute approximate surface area is 141 Å². The number of nitrogens with zero attached hydrogens (tertiary/aromatic N) is 2. The van der Waals surface area contributed by atoms with Gasteiger partial charge in [0.05, 0.1) is 17.4 Å². The van der Waals surface area contributed by atoms with Crippen LogP contribution in [0.5, 0.6) is 0 Å². The molecule has 0 saturated heterocycles. The first kappa shape index (κ1) is 16.1. The fourth-order valence-electron chi connectivity index (χ4n) is 2.41. The summed E-state index contributed by atoms with van der Waals surface area (Å²) in [7, 11) is 0. The topological polar surface area (TPSA) is 81.1 Å². The third-order valence-corrected chi connectivity index (χ3v) is 4.52. The zero-order chi connectivity index (χ0) is 17.1. The molecule has 2 heterocycles. The Balaban J connectivity index is 1.70. The number of nitrogens with one attached hydrogen (secondary N) is 1. The summed E-state index contributed by atoms with van der Waals surface area (Å²) in [5.41, 5.74) is 1.28. The second kappa shape index (κ2) is 6.76. The van der Waals surface area contributed by atoms with Gasteiger partial charge >= 0.3 is 0 Å². The van der Waals surface area contributed by atoms with Crippen molar-refractivity contribution in [2.75, 3.05) is 6.54 Å². The Morgan fingerprint density at radius 2 is 1.96 bits per heavy atom. The van der Waals surface area contributed by atoms with E-state index in [0.29, 0.717) is 27.9 Å². The van der Waals surface area contributed by atoms with Crippen molar-refractivity contribution in [1.82, 2.24) is 14.9 Å². The molecule has 0 atom stereocenters. The maximum atomic E-state index is 12.3. The lowest BCUT2D eigenvalue weighted by Crippen LogP contribution is -2.31. The molecule has 1 aromatic carbocycles. The van der Waals surface area contributed by atoms with Crippen LogP contribution in [0.1, 0.15) is 27.6 Å². The van der Waals surface area contributed by atoms with Crippen molar-refractivity contribution in [3.63, 3.8) is 0 Å². The average molecular weight is 341 g/mol. The number of hydrogen-bond donors (Lipinski definition) is 1. The molecule has 0 fully saturated rings. The standard InChI is InChI=1S/C17H15N3O3S/c1-11(21)12-4-2-3-5-13(12)16(22)18-7-8-20-10-19-14-6-9-24-15(14)17(20)23/h2-6,9-10H,7-8H2,1H3,(H,18,22). The highest BCUT2D eigenvalue weighted by atomic mass is 32.1. The molecule has 1 N–H and O–H groups in total. The minimum absolute atomic E-state index is 0.117. The molecular weight excluding hydrogens is 326 g/mol. The van der Waals surface area contributed by atoms with Gasteiger partial charge < -0.3 is 5.32 Å². The van der Waals surface area contributed by atoms with Crippen molar-refractivity contribution in [3.05, 3.63) is 63.5 Å². The molecule has 7 heteroatoms. The van der Waals surface area contributed by atoms with Gasteiger partial charge in [-0.15, -0.1) is 11.3 Å². The van der Waals surface area contributed by atoms with Crippen LogP contribution in [0.25, 0.3) is 10.2 Å². The summed E-state index contributed by atoms with van der Waals surface area (Å²) in [4.78, 5) is 40.3. The van der Waals surface area contributed by atoms with Gasteiger partial charge in [-0.05, 0) is 24.4 Å². The second-order valence-electron chi connectivity index (χ2n) is 5.24. The fraction of sp³-hybridized carbons (Fsp3) is 0.176. The van der Waals surface area contributed by atoms with Crippen molar-refractivity contribution >= 4 is 33.2 Å². The summed E-state index contributed by atoms with van der Waals surface area (Å²) in [6, 6.07) is 8.45. The lowest BCUT2D eigenvalue weighted by molar-refractivity contribution is 0.0937. The molecule has 6 nitrogen and oxygen atoms in total. The summed E-state index contributed by atoms with van der Waals surface area (Å²) in [6.07, 6.45) is 1.48. The molecule has 24 heavy (non-hydrogen) atoms. The van der Waals surface area contributed by atoms with Crippen LogP contribution < -0.4 is 10.9 Å². The van der Waals surface area contributed by atoms with Crippen LogP contribution in [0, 0.1) is 0 Å². The molecule has 0 aliphatic rings. The third kappa shape index (κ3) is 3.11. The molecule has 3 rings (SSSR count). The molecular formula is C17H15N3O3S. The van der Waals surface area contributed by atoms with Gasteiger partial charge in [-0.3, -0.25) is 19.0 Å². The van der Waals surface area contributed by atoms with Crippen LogP contribution in [0.3, 0.4) is 0 Å². The molecule has 0 spiro atoms. The predicted molar refractivity (Wildman–Crippen MR) is 92.7 cm³/mol. The molecule has 122 valence electrons. The highest BCUT2D eigenvalue weighted by molar-refractivity contribution is 7.17. The number of amides is 1. The smallest absolute Gasteiger partial charge is 0.271 e. The Kier molecular flexibility index (Phi) is 4.52. The molecule has 0 bridgehead atoms. The quantitative estimate of drug-likeness (QED) is 0.721. The van der Waals surface area contributed by atoms with Gasteiger partial charge in [0.25, 0.3) is 11.5 Å². The second-order valence-corrected chi connectivity index (χ2v) is 6.15. The lowest BCUT2D eigenvalue weighted by Gasteiger charge is -2.09. The van der Waals surface area contributed by atoms with Crippen molar-refractivity contribution in [3.8, 4) is 0 Å². The van der Waals surface area contributed by atoms with Gasteiger partial charge in [-0.25, -0.2) is 4.98 Å². The number of carbonyl (C=O) groups is 2. The summed E-state index contributed by atoms with van der Waals surface area (Å²) in [5.74, 6) is -0.497. The zero-order valence-electron chi connectivity index (χ0n) is 13.0. The molecule has 1 amide bonds. The summed E-state index contributed by atoms with van der Waals surface area (Å²) < 4.78 is 2.07. The summed E-state index contributed by atoms with van der Waals surface area (Å²) in [6.45, 7) is 2.00. The Morgan fingerprint density at radius 1 is 1.21 bits per heavy atom. The minimum Gasteiger partial charge on any atom is -0.350 e. The first-order valence-corrected chi connectivity index (χ1v) is 8.26. The van der Waals surface area contributed by atoms with Gasteiger partial charge in [0.1, 0.15) is 4.70 Å². The highest BCUT2D eigenvalue weighted by Crippen LogP contribution is 2.13. The Hall–Kier alpha value is -2.80. The first-order valence-electron chi connectivity index (χ1n) is 7.38. The van der Waals surface area contributed by atoms with Crippen LogP contribution in [0.4, 0.5) is 0 Å². The van der Waals surface area contributed by atoms with Gasteiger partial charge in [0.15, 0.2) is 5.78 Å². The minimum atomic E-state index is -0.334. The van der Waals surface area contributed by atoms with E-state index in [-0.39, 0.29) is 23.8 Å². The van der Waals surface area contributed by atoms with Crippen molar-refractivity contribution in [1.29, 1.82) is 0 Å². The van der Waals surface area contributed by atoms with E-state index in [2.05, 4.69) is 10.3 Å². The predicted octanol–water partition coefficient (Wildman–Crippen LogP) is 2.09. The maximum absolute atomic E-state index is 12.3. The number of rotatable bonds is 5. The van der Waals surface area contributed by atoms with Crippen LogP contribution in [0.15, 0.2) is 46.8 Å². The van der Waals surface area contributed by atoms with E-state index < -0.39 is 0 Å². The zero-order valence-corrected chi connectivity index (χ0v) is 13.8. The summed E-state index contributed by atoms with van der Waals surface area (Å²) >= 11 is 1.35. The van der Waals surface area contributed by atoms with Crippen molar-refractivity contribution in [2.45, 2.75) is 13.5 Å². The third-order valence-electron chi connectivity index (χ3n) is 3.62.